The second kappa shape index (κ2) is 8.87. The van der Waals surface area contributed by atoms with Crippen molar-refractivity contribution in [2.24, 2.45) is 0 Å². The SMILES string of the molecule is CC/C=C/C(=O)OCC(=O)N1CCN(S(=O)(=O)c2ccc3c(c2)CCC3)CC1. The van der Waals surface area contributed by atoms with Gasteiger partial charge in [-0.15, -0.1) is 0 Å². The van der Waals surface area contributed by atoms with E-state index in [9.17, 15) is 18.0 Å². The molecule has 1 aromatic carbocycles. The molecule has 8 heteroatoms. The van der Waals surface area contributed by atoms with Crippen molar-refractivity contribution in [2.45, 2.75) is 37.5 Å². The standard InChI is InChI=1S/C20H26N2O5S/c1-2-3-7-20(24)27-15-19(23)21-10-12-22(13-11-21)28(25,26)18-9-8-16-5-4-6-17(16)14-18/h3,7-9,14H,2,4-6,10-13,15H2,1H3/b7-3+. The minimum atomic E-state index is -3.57. The number of fused-ring (bicyclic) bond motifs is 1. The average molecular weight is 407 g/mol. The summed E-state index contributed by atoms with van der Waals surface area (Å²) < 4.78 is 32.2. The van der Waals surface area contributed by atoms with Crippen LogP contribution in [0, 0.1) is 0 Å². The molecular weight excluding hydrogens is 380 g/mol. The summed E-state index contributed by atoms with van der Waals surface area (Å²) in [6, 6.07) is 5.38. The van der Waals surface area contributed by atoms with Gasteiger partial charge in [-0.2, -0.15) is 4.31 Å². The zero-order valence-electron chi connectivity index (χ0n) is 16.1. The van der Waals surface area contributed by atoms with Crippen molar-refractivity contribution < 1.29 is 22.7 Å². The van der Waals surface area contributed by atoms with Crippen LogP contribution >= 0.6 is 0 Å². The van der Waals surface area contributed by atoms with Gasteiger partial charge in [-0.1, -0.05) is 19.1 Å². The summed E-state index contributed by atoms with van der Waals surface area (Å²) in [5.74, 6) is -0.860. The van der Waals surface area contributed by atoms with Gasteiger partial charge >= 0.3 is 5.97 Å². The van der Waals surface area contributed by atoms with Gasteiger partial charge in [0, 0.05) is 32.3 Å². The van der Waals surface area contributed by atoms with E-state index in [1.54, 1.807) is 18.2 Å². The summed E-state index contributed by atoms with van der Waals surface area (Å²) in [6.07, 6.45) is 6.67. The van der Waals surface area contributed by atoms with Crippen molar-refractivity contribution in [2.75, 3.05) is 32.8 Å². The highest BCUT2D eigenvalue weighted by molar-refractivity contribution is 7.89. The Hall–Kier alpha value is -2.19. The molecule has 1 aromatic rings. The highest BCUT2D eigenvalue weighted by Crippen LogP contribution is 2.26. The third-order valence-electron chi connectivity index (χ3n) is 5.13. The molecule has 0 N–H and O–H groups in total. The first-order valence-corrected chi connectivity index (χ1v) is 11.1. The molecule has 28 heavy (non-hydrogen) atoms. The predicted molar refractivity (Wildman–Crippen MR) is 104 cm³/mol. The fraction of sp³-hybridized carbons (Fsp3) is 0.500. The van der Waals surface area contributed by atoms with Gasteiger partial charge < -0.3 is 9.64 Å². The van der Waals surface area contributed by atoms with Crippen LogP contribution in [-0.4, -0.2) is 62.3 Å². The summed E-state index contributed by atoms with van der Waals surface area (Å²) in [4.78, 5) is 25.5. The largest absolute Gasteiger partial charge is 0.452 e. The lowest BCUT2D eigenvalue weighted by Crippen LogP contribution is -2.51. The number of nitrogens with zero attached hydrogens (tertiary/aromatic N) is 2. The Morgan fingerprint density at radius 3 is 2.54 bits per heavy atom. The summed E-state index contributed by atoms with van der Waals surface area (Å²) in [5, 5.41) is 0. The van der Waals surface area contributed by atoms with Crippen molar-refractivity contribution in [3.8, 4) is 0 Å². The Morgan fingerprint density at radius 2 is 1.82 bits per heavy atom. The molecule has 0 bridgehead atoms. The van der Waals surface area contributed by atoms with E-state index in [0.717, 1.165) is 24.8 Å². The molecule has 0 atom stereocenters. The number of benzene rings is 1. The summed E-state index contributed by atoms with van der Waals surface area (Å²) in [6.45, 7) is 2.59. The first-order valence-electron chi connectivity index (χ1n) is 9.65. The van der Waals surface area contributed by atoms with Crippen LogP contribution < -0.4 is 0 Å². The maximum atomic E-state index is 12.9. The number of piperazine rings is 1. The molecule has 3 rings (SSSR count). The number of hydrogen-bond acceptors (Lipinski definition) is 5. The highest BCUT2D eigenvalue weighted by atomic mass is 32.2. The van der Waals surface area contributed by atoms with Crippen LogP contribution in [0.2, 0.25) is 0 Å². The molecule has 0 aromatic heterocycles. The van der Waals surface area contributed by atoms with Gasteiger partial charge in [-0.3, -0.25) is 4.79 Å². The van der Waals surface area contributed by atoms with E-state index >= 15 is 0 Å². The van der Waals surface area contributed by atoms with E-state index in [1.807, 2.05) is 13.0 Å². The zero-order valence-corrected chi connectivity index (χ0v) is 16.9. The molecule has 2 aliphatic rings. The third kappa shape index (κ3) is 4.62. The summed E-state index contributed by atoms with van der Waals surface area (Å²) >= 11 is 0. The first kappa shape index (κ1) is 20.5. The number of amides is 1. The second-order valence-electron chi connectivity index (χ2n) is 6.99. The van der Waals surface area contributed by atoms with Crippen LogP contribution in [0.25, 0.3) is 0 Å². The predicted octanol–water partition coefficient (Wildman–Crippen LogP) is 1.52. The quantitative estimate of drug-likeness (QED) is 0.528. The molecule has 1 heterocycles. The van der Waals surface area contributed by atoms with Gasteiger partial charge in [-0.25, -0.2) is 13.2 Å². The number of aryl methyl sites for hydroxylation is 2. The molecule has 1 saturated heterocycles. The van der Waals surface area contributed by atoms with E-state index in [-0.39, 0.29) is 38.7 Å². The Bertz CT molecular complexity index is 871. The van der Waals surface area contributed by atoms with Gasteiger partial charge in [0.1, 0.15) is 0 Å². The molecule has 152 valence electrons. The lowest BCUT2D eigenvalue weighted by atomic mass is 10.1. The topological polar surface area (TPSA) is 84.0 Å². The summed E-state index contributed by atoms with van der Waals surface area (Å²) in [5.41, 5.74) is 2.35. The van der Waals surface area contributed by atoms with Crippen molar-refractivity contribution in [3.63, 3.8) is 0 Å². The number of carbonyl (C=O) groups is 2. The Labute approximate surface area is 166 Å². The molecule has 0 radical (unpaired) electrons. The van der Waals surface area contributed by atoms with Gasteiger partial charge in [0.15, 0.2) is 6.61 Å². The number of ether oxygens (including phenoxy) is 1. The molecule has 1 aliphatic heterocycles. The fourth-order valence-electron chi connectivity index (χ4n) is 3.52. The summed E-state index contributed by atoms with van der Waals surface area (Å²) in [7, 11) is -3.57. The third-order valence-corrected chi connectivity index (χ3v) is 7.02. The molecule has 1 amide bonds. The minimum Gasteiger partial charge on any atom is -0.452 e. The van der Waals surface area contributed by atoms with Crippen LogP contribution in [0.1, 0.15) is 30.9 Å². The number of carbonyl (C=O) groups excluding carboxylic acids is 2. The van der Waals surface area contributed by atoms with Crippen molar-refractivity contribution in [1.82, 2.24) is 9.21 Å². The Kier molecular flexibility index (Phi) is 6.51. The smallest absolute Gasteiger partial charge is 0.330 e. The molecule has 1 fully saturated rings. The van der Waals surface area contributed by atoms with Gasteiger partial charge in [-0.05, 0) is 48.9 Å². The van der Waals surface area contributed by atoms with Crippen LogP contribution in [0.5, 0.6) is 0 Å². The van der Waals surface area contributed by atoms with Gasteiger partial charge in [0.25, 0.3) is 5.91 Å². The molecule has 7 nitrogen and oxygen atoms in total. The van der Waals surface area contributed by atoms with E-state index in [1.165, 1.54) is 20.8 Å². The average Bonchev–Trinajstić information content (AvgIpc) is 3.18. The van der Waals surface area contributed by atoms with Crippen LogP contribution in [-0.2, 0) is 37.2 Å². The highest BCUT2D eigenvalue weighted by Gasteiger charge is 2.31. The number of sulfonamides is 1. The molecular formula is C20H26N2O5S. The maximum absolute atomic E-state index is 12.9. The minimum absolute atomic E-state index is 0.231. The first-order chi connectivity index (χ1) is 13.4. The number of esters is 1. The molecule has 0 unspecified atom stereocenters. The monoisotopic (exact) mass is 406 g/mol. The number of rotatable bonds is 6. The Balaban J connectivity index is 1.55. The van der Waals surface area contributed by atoms with E-state index in [4.69, 9.17) is 4.74 Å². The second-order valence-corrected chi connectivity index (χ2v) is 8.93. The molecule has 0 spiro atoms. The van der Waals surface area contributed by atoms with Gasteiger partial charge in [0.05, 0.1) is 4.90 Å². The maximum Gasteiger partial charge on any atom is 0.330 e. The van der Waals surface area contributed by atoms with E-state index < -0.39 is 16.0 Å². The fourth-order valence-corrected chi connectivity index (χ4v) is 5.00. The van der Waals surface area contributed by atoms with Crippen LogP contribution in [0.3, 0.4) is 0 Å². The van der Waals surface area contributed by atoms with Crippen molar-refractivity contribution >= 4 is 21.9 Å². The van der Waals surface area contributed by atoms with E-state index in [2.05, 4.69) is 0 Å². The lowest BCUT2D eigenvalue weighted by molar-refractivity contribution is -0.148. The Morgan fingerprint density at radius 1 is 1.11 bits per heavy atom. The van der Waals surface area contributed by atoms with Gasteiger partial charge in [0.2, 0.25) is 10.0 Å². The van der Waals surface area contributed by atoms with Crippen molar-refractivity contribution in [1.29, 1.82) is 0 Å². The lowest BCUT2D eigenvalue weighted by Gasteiger charge is -2.33. The number of allylic oxidation sites excluding steroid dienone is 1. The van der Waals surface area contributed by atoms with Crippen LogP contribution in [0.4, 0.5) is 0 Å². The van der Waals surface area contributed by atoms with Crippen LogP contribution in [0.15, 0.2) is 35.2 Å². The normalized spacial score (nSPS) is 17.7. The molecule has 1 aliphatic carbocycles. The number of hydrogen-bond donors (Lipinski definition) is 0. The van der Waals surface area contributed by atoms with Crippen molar-refractivity contribution in [3.05, 3.63) is 41.5 Å². The zero-order chi connectivity index (χ0) is 20.1. The van der Waals surface area contributed by atoms with E-state index in [0.29, 0.717) is 11.3 Å². The molecule has 0 saturated carbocycles.